The first-order chi connectivity index (χ1) is 22.2. The van der Waals surface area contributed by atoms with E-state index in [1.54, 1.807) is 4.90 Å². The number of hydrogen-bond acceptors (Lipinski definition) is 7. The number of allylic oxidation sites excluding steroid dienone is 2. The lowest BCUT2D eigenvalue weighted by Crippen LogP contribution is -2.47. The van der Waals surface area contributed by atoms with Gasteiger partial charge in [0.25, 0.3) is 6.01 Å². The zero-order chi connectivity index (χ0) is 34.3. The standard InChI is InChI=1S/C35H51N5O6S/c1-22(2)27-16-13-17-28-31(27)36-34(40(28)23(3)4)46-26-18-29-30(41)20-35(33(43)37-47(44,45)38(6)7)19-25(35)15-12-10-8-9-11-14-24(5)32(42)39(29)21-26/h12-13,15-17,22-26,29H,8-11,14,18-21H2,1-7H3,(H,37,43)/b15-12-/t24-,25-,26+,29-,35+/m0/s1. The van der Waals surface area contributed by atoms with Gasteiger partial charge >= 0.3 is 10.2 Å². The number of benzene rings is 1. The van der Waals surface area contributed by atoms with Crippen molar-refractivity contribution in [1.82, 2.24) is 23.5 Å². The molecule has 5 atom stereocenters. The van der Waals surface area contributed by atoms with Crippen molar-refractivity contribution in [3.8, 4) is 6.01 Å². The maximum Gasteiger partial charge on any atom is 0.303 e. The number of fused-ring (bicyclic) bond motifs is 3. The number of aromatic nitrogens is 2. The van der Waals surface area contributed by atoms with E-state index in [-0.39, 0.29) is 54.9 Å². The van der Waals surface area contributed by atoms with Crippen molar-refractivity contribution in [1.29, 1.82) is 0 Å². The van der Waals surface area contributed by atoms with Gasteiger partial charge in [0.15, 0.2) is 5.78 Å². The summed E-state index contributed by atoms with van der Waals surface area (Å²) >= 11 is 0. The number of rotatable bonds is 7. The Morgan fingerprint density at radius 3 is 2.55 bits per heavy atom. The largest absolute Gasteiger partial charge is 0.459 e. The fourth-order valence-corrected chi connectivity index (χ4v) is 7.79. The topological polar surface area (TPSA) is 131 Å². The minimum atomic E-state index is -4.04. The number of ketones is 1. The van der Waals surface area contributed by atoms with E-state index in [4.69, 9.17) is 9.72 Å². The third-order valence-electron chi connectivity index (χ3n) is 10.1. The highest BCUT2D eigenvalue weighted by Crippen LogP contribution is 2.57. The Hall–Kier alpha value is -3.25. The van der Waals surface area contributed by atoms with E-state index in [0.29, 0.717) is 12.4 Å². The Kier molecular flexibility index (Phi) is 10.2. The molecule has 3 aliphatic rings. The van der Waals surface area contributed by atoms with E-state index in [9.17, 15) is 22.8 Å². The first-order valence-electron chi connectivity index (χ1n) is 17.1. The predicted octanol–water partition coefficient (Wildman–Crippen LogP) is 5.13. The summed E-state index contributed by atoms with van der Waals surface area (Å²) in [5.74, 6) is -1.28. The monoisotopic (exact) mass is 669 g/mol. The highest BCUT2D eigenvalue weighted by molar-refractivity contribution is 7.87. The highest BCUT2D eigenvalue weighted by Gasteiger charge is 2.61. The van der Waals surface area contributed by atoms with Gasteiger partial charge in [-0.25, -0.2) is 4.72 Å². The minimum Gasteiger partial charge on any atom is -0.459 e. The van der Waals surface area contributed by atoms with Crippen molar-refractivity contribution in [2.24, 2.45) is 17.3 Å². The van der Waals surface area contributed by atoms with Crippen LogP contribution < -0.4 is 9.46 Å². The molecule has 1 aliphatic carbocycles. The molecule has 5 rings (SSSR count). The number of amides is 2. The number of hydrogen-bond donors (Lipinski definition) is 1. The average molecular weight is 670 g/mol. The molecule has 47 heavy (non-hydrogen) atoms. The third kappa shape index (κ3) is 7.13. The lowest BCUT2D eigenvalue weighted by Gasteiger charge is -2.27. The molecule has 2 amide bonds. The SMILES string of the molecule is CC(C)c1cccc2c1nc(O[C@@H]1C[C@H]3C(=O)C[C@]4(C(=O)NS(=O)(=O)N(C)C)C[C@@H]4/C=C\CCCCC[C@H](C)C(=O)N3C1)n2C(C)C. The summed E-state index contributed by atoms with van der Waals surface area (Å²) in [6, 6.07) is 5.88. The van der Waals surface area contributed by atoms with Crippen molar-refractivity contribution in [3.05, 3.63) is 35.9 Å². The normalized spacial score (nSPS) is 28.3. The van der Waals surface area contributed by atoms with Gasteiger partial charge in [-0.05, 0) is 63.0 Å². The summed E-state index contributed by atoms with van der Waals surface area (Å²) < 4.78 is 37.0. The van der Waals surface area contributed by atoms with Crippen LogP contribution in [0.5, 0.6) is 6.01 Å². The highest BCUT2D eigenvalue weighted by atomic mass is 32.2. The first-order valence-corrected chi connectivity index (χ1v) is 18.5. The number of Topliss-reactive ketones (excluding diaryl/α,β-unsaturated/α-hetero) is 1. The fraction of sp³-hybridized carbons (Fsp3) is 0.657. The second kappa shape index (κ2) is 13.7. The van der Waals surface area contributed by atoms with Crippen molar-refractivity contribution in [2.45, 2.75) is 110 Å². The average Bonchev–Trinajstić information content (AvgIpc) is 3.33. The summed E-state index contributed by atoms with van der Waals surface area (Å²) in [7, 11) is -1.35. The number of nitrogens with one attached hydrogen (secondary N) is 1. The third-order valence-corrected chi connectivity index (χ3v) is 11.5. The summed E-state index contributed by atoms with van der Waals surface area (Å²) in [6.45, 7) is 10.6. The molecule has 2 aliphatic heterocycles. The molecule has 1 N–H and O–H groups in total. The number of para-hydroxylation sites is 1. The van der Waals surface area contributed by atoms with Gasteiger partial charge < -0.3 is 9.64 Å². The van der Waals surface area contributed by atoms with Crippen LogP contribution in [-0.2, 0) is 24.6 Å². The van der Waals surface area contributed by atoms with Gasteiger partial charge in [0, 0.05) is 38.9 Å². The minimum absolute atomic E-state index is 0.0595. The molecule has 258 valence electrons. The van der Waals surface area contributed by atoms with Crippen molar-refractivity contribution in [2.75, 3.05) is 20.6 Å². The van der Waals surface area contributed by atoms with Crippen LogP contribution in [0.2, 0.25) is 0 Å². The van der Waals surface area contributed by atoms with Gasteiger partial charge in [-0.3, -0.25) is 19.0 Å². The van der Waals surface area contributed by atoms with Crippen LogP contribution in [0.4, 0.5) is 0 Å². The number of ether oxygens (including phenoxy) is 1. The maximum atomic E-state index is 14.2. The second-order valence-electron chi connectivity index (χ2n) is 14.5. The molecule has 3 heterocycles. The van der Waals surface area contributed by atoms with Crippen molar-refractivity contribution < 1.29 is 27.5 Å². The Balaban J connectivity index is 1.46. The summed E-state index contributed by atoms with van der Waals surface area (Å²) in [4.78, 5) is 48.3. The lowest BCUT2D eigenvalue weighted by atomic mass is 9.91. The van der Waals surface area contributed by atoms with Crippen LogP contribution >= 0.6 is 0 Å². The van der Waals surface area contributed by atoms with Crippen LogP contribution in [0.1, 0.15) is 104 Å². The Morgan fingerprint density at radius 1 is 1.13 bits per heavy atom. The summed E-state index contributed by atoms with van der Waals surface area (Å²) in [6.07, 6.45) is 8.38. The quantitative estimate of drug-likeness (QED) is 0.405. The molecule has 1 aromatic carbocycles. The van der Waals surface area contributed by atoms with Gasteiger partial charge in [0.1, 0.15) is 6.10 Å². The van der Waals surface area contributed by atoms with Gasteiger partial charge in [-0.1, -0.05) is 57.9 Å². The molecule has 0 spiro atoms. The maximum absolute atomic E-state index is 14.2. The van der Waals surface area contributed by atoms with E-state index < -0.39 is 33.7 Å². The zero-order valence-corrected chi connectivity index (χ0v) is 29.7. The lowest BCUT2D eigenvalue weighted by molar-refractivity contribution is -0.141. The van der Waals surface area contributed by atoms with Gasteiger partial charge in [0.2, 0.25) is 11.8 Å². The predicted molar refractivity (Wildman–Crippen MR) is 181 cm³/mol. The Bertz CT molecular complexity index is 1650. The van der Waals surface area contributed by atoms with Crippen LogP contribution in [0.15, 0.2) is 30.4 Å². The molecule has 0 radical (unpaired) electrons. The molecule has 0 bridgehead atoms. The molecule has 1 aromatic heterocycles. The molecular weight excluding hydrogens is 618 g/mol. The fourth-order valence-electron chi connectivity index (χ4n) is 7.17. The molecule has 12 heteroatoms. The van der Waals surface area contributed by atoms with E-state index in [0.717, 1.165) is 53.0 Å². The van der Waals surface area contributed by atoms with E-state index in [2.05, 4.69) is 43.1 Å². The number of imidazole rings is 1. The summed E-state index contributed by atoms with van der Waals surface area (Å²) in [5, 5.41) is 0. The van der Waals surface area contributed by atoms with Crippen LogP contribution in [0.3, 0.4) is 0 Å². The number of nitrogens with zero attached hydrogens (tertiary/aromatic N) is 4. The van der Waals surface area contributed by atoms with Crippen molar-refractivity contribution >= 4 is 38.8 Å². The van der Waals surface area contributed by atoms with E-state index in [1.165, 1.54) is 14.1 Å². The second-order valence-corrected chi connectivity index (χ2v) is 16.4. The molecule has 0 unspecified atom stereocenters. The number of carbonyl (C=O) groups is 3. The van der Waals surface area contributed by atoms with Crippen LogP contribution in [0.25, 0.3) is 11.0 Å². The zero-order valence-electron chi connectivity index (χ0n) is 28.9. The Morgan fingerprint density at radius 2 is 1.87 bits per heavy atom. The molecule has 2 aromatic rings. The van der Waals surface area contributed by atoms with Gasteiger partial charge in [0.05, 0.1) is 29.0 Å². The Labute approximate surface area is 279 Å². The molecule has 11 nitrogen and oxygen atoms in total. The number of carbonyl (C=O) groups excluding carboxylic acids is 3. The first kappa shape index (κ1) is 35.1. The van der Waals surface area contributed by atoms with Crippen LogP contribution in [-0.4, -0.2) is 77.6 Å². The van der Waals surface area contributed by atoms with E-state index >= 15 is 0 Å². The smallest absolute Gasteiger partial charge is 0.303 e. The van der Waals surface area contributed by atoms with Gasteiger partial charge in [-0.2, -0.15) is 17.7 Å². The molecule has 1 saturated heterocycles. The summed E-state index contributed by atoms with van der Waals surface area (Å²) in [5.41, 5.74) is 1.80. The van der Waals surface area contributed by atoms with Gasteiger partial charge in [-0.15, -0.1) is 0 Å². The molecule has 1 saturated carbocycles. The van der Waals surface area contributed by atoms with Crippen LogP contribution in [0, 0.1) is 17.3 Å². The molecule has 2 fully saturated rings. The molecular formula is C35H51N5O6S. The van der Waals surface area contributed by atoms with Crippen molar-refractivity contribution in [3.63, 3.8) is 0 Å². The van der Waals surface area contributed by atoms with E-state index in [1.807, 2.05) is 31.2 Å².